The maximum atomic E-state index is 13.3. The Bertz CT molecular complexity index is 1260. The lowest BCUT2D eigenvalue weighted by molar-refractivity contribution is -0.137. The molecule has 2 aliphatic heterocycles. The number of amides is 4. The minimum absolute atomic E-state index is 0.00791. The molecule has 10 nitrogen and oxygen atoms in total. The number of carbonyl (C=O) groups excluding carboxylic acids is 5. The van der Waals surface area contributed by atoms with Crippen molar-refractivity contribution in [2.75, 3.05) is 43.9 Å². The molecule has 3 unspecified atom stereocenters. The van der Waals surface area contributed by atoms with E-state index in [0.717, 1.165) is 5.69 Å². The number of anilines is 2. The Labute approximate surface area is 232 Å². The van der Waals surface area contributed by atoms with Gasteiger partial charge in [0.1, 0.15) is 10.9 Å². The van der Waals surface area contributed by atoms with Gasteiger partial charge in [-0.25, -0.2) is 0 Å². The van der Waals surface area contributed by atoms with E-state index in [9.17, 15) is 24.0 Å². The first-order valence-electron chi connectivity index (χ1n) is 13.1. The van der Waals surface area contributed by atoms with Gasteiger partial charge in [0, 0.05) is 51.8 Å². The third-order valence-corrected chi connectivity index (χ3v) is 8.17. The van der Waals surface area contributed by atoms with Crippen LogP contribution in [0.25, 0.3) is 0 Å². The molecule has 2 aromatic rings. The van der Waals surface area contributed by atoms with Crippen LogP contribution < -0.4 is 15.5 Å². The van der Waals surface area contributed by atoms with Crippen LogP contribution in [0.1, 0.15) is 53.1 Å². The molecule has 3 atom stereocenters. The number of carbonyl (C=O) groups is 5. The molecule has 11 heteroatoms. The lowest BCUT2D eigenvalue weighted by atomic mass is 10.0. The van der Waals surface area contributed by atoms with Crippen LogP contribution in [0.5, 0.6) is 0 Å². The zero-order chi connectivity index (χ0) is 28.3. The minimum atomic E-state index is -0.636. The molecule has 2 saturated heterocycles. The molecule has 0 aliphatic carbocycles. The fraction of sp³-hybridized carbons (Fsp3) is 0.464. The van der Waals surface area contributed by atoms with Crippen molar-refractivity contribution in [1.29, 1.82) is 0 Å². The van der Waals surface area contributed by atoms with Gasteiger partial charge in [0.15, 0.2) is 5.78 Å². The monoisotopic (exact) mass is 553 g/mol. The van der Waals surface area contributed by atoms with E-state index in [-0.39, 0.29) is 54.3 Å². The molecule has 2 aliphatic rings. The van der Waals surface area contributed by atoms with E-state index in [1.807, 2.05) is 38.1 Å². The van der Waals surface area contributed by atoms with Gasteiger partial charge in [-0.15, -0.1) is 11.3 Å². The Kier molecular flexibility index (Phi) is 8.69. The number of benzene rings is 1. The lowest BCUT2D eigenvalue weighted by Crippen LogP contribution is -2.44. The molecule has 4 rings (SSSR count). The zero-order valence-electron chi connectivity index (χ0n) is 22.7. The van der Waals surface area contributed by atoms with E-state index >= 15 is 0 Å². The average Bonchev–Trinajstić information content (AvgIpc) is 3.60. The fourth-order valence-corrected chi connectivity index (χ4v) is 6.03. The highest BCUT2D eigenvalue weighted by Gasteiger charge is 2.51. The molecule has 208 valence electrons. The van der Waals surface area contributed by atoms with E-state index in [4.69, 9.17) is 0 Å². The van der Waals surface area contributed by atoms with Gasteiger partial charge >= 0.3 is 0 Å². The third kappa shape index (κ3) is 6.30. The first-order chi connectivity index (χ1) is 18.6. The summed E-state index contributed by atoms with van der Waals surface area (Å²) >= 11 is 1.22. The second-order valence-corrected chi connectivity index (χ2v) is 11.3. The van der Waals surface area contributed by atoms with Crippen molar-refractivity contribution >= 4 is 52.1 Å². The summed E-state index contributed by atoms with van der Waals surface area (Å²) in [5, 5.41) is 7.30. The molecule has 0 saturated carbocycles. The summed E-state index contributed by atoms with van der Waals surface area (Å²) in [6, 6.07) is 8.02. The number of hydrogen-bond acceptors (Lipinski definition) is 7. The second-order valence-electron chi connectivity index (χ2n) is 10.4. The van der Waals surface area contributed by atoms with Crippen molar-refractivity contribution in [3.63, 3.8) is 0 Å². The zero-order valence-corrected chi connectivity index (χ0v) is 23.5. The van der Waals surface area contributed by atoms with Gasteiger partial charge in [-0.1, -0.05) is 6.92 Å². The molecular formula is C28H35N5O5S. The van der Waals surface area contributed by atoms with Crippen LogP contribution in [0.15, 0.2) is 35.7 Å². The third-order valence-electron chi connectivity index (χ3n) is 7.27. The van der Waals surface area contributed by atoms with Crippen LogP contribution in [0.2, 0.25) is 0 Å². The molecule has 0 bridgehead atoms. The summed E-state index contributed by atoms with van der Waals surface area (Å²) in [5.74, 6) is -0.981. The van der Waals surface area contributed by atoms with Gasteiger partial charge in [-0.3, -0.25) is 24.0 Å². The average molecular weight is 554 g/mol. The highest BCUT2D eigenvalue weighted by atomic mass is 32.1. The number of thiophene rings is 1. The number of fused-ring (bicyclic) bond motifs is 1. The van der Waals surface area contributed by atoms with Crippen molar-refractivity contribution in [1.82, 2.24) is 15.1 Å². The number of likely N-dealkylation sites (tertiary alicyclic amines) is 2. The van der Waals surface area contributed by atoms with Gasteiger partial charge in [-0.2, -0.15) is 0 Å². The van der Waals surface area contributed by atoms with Crippen LogP contribution in [0.3, 0.4) is 0 Å². The smallest absolute Gasteiger partial charge is 0.266 e. The maximum Gasteiger partial charge on any atom is 0.266 e. The number of nitrogens with one attached hydrogen (secondary N) is 2. The van der Waals surface area contributed by atoms with Crippen molar-refractivity contribution in [2.45, 2.75) is 45.2 Å². The van der Waals surface area contributed by atoms with E-state index < -0.39 is 6.04 Å². The maximum absolute atomic E-state index is 13.3. The van der Waals surface area contributed by atoms with Crippen LogP contribution in [-0.4, -0.2) is 85.0 Å². The Morgan fingerprint density at radius 3 is 2.49 bits per heavy atom. The number of nitrogens with zero attached hydrogens (tertiary/aromatic N) is 3. The highest BCUT2D eigenvalue weighted by Crippen LogP contribution is 2.34. The van der Waals surface area contributed by atoms with Crippen molar-refractivity contribution < 1.29 is 24.0 Å². The van der Waals surface area contributed by atoms with E-state index in [1.165, 1.54) is 18.3 Å². The fourth-order valence-electron chi connectivity index (χ4n) is 5.23. The quantitative estimate of drug-likeness (QED) is 0.493. The second kappa shape index (κ2) is 12.0. The lowest BCUT2D eigenvalue weighted by Gasteiger charge is -2.25. The van der Waals surface area contributed by atoms with Crippen LogP contribution in [-0.2, 0) is 14.4 Å². The summed E-state index contributed by atoms with van der Waals surface area (Å²) in [7, 11) is 3.88. The van der Waals surface area contributed by atoms with Crippen LogP contribution in [0, 0.1) is 5.92 Å². The Hall–Kier alpha value is -3.73. The number of rotatable bonds is 9. The Morgan fingerprint density at radius 1 is 1.10 bits per heavy atom. The highest BCUT2D eigenvalue weighted by molar-refractivity contribution is 7.12. The number of hydrogen-bond donors (Lipinski definition) is 2. The molecule has 0 radical (unpaired) electrons. The van der Waals surface area contributed by atoms with Crippen LogP contribution in [0.4, 0.5) is 11.4 Å². The molecule has 2 fully saturated rings. The van der Waals surface area contributed by atoms with Gasteiger partial charge in [-0.05, 0) is 54.5 Å². The van der Waals surface area contributed by atoms with Crippen molar-refractivity contribution in [3.8, 4) is 0 Å². The molecular weight excluding hydrogens is 518 g/mol. The molecule has 2 N–H and O–H groups in total. The van der Waals surface area contributed by atoms with Crippen molar-refractivity contribution in [2.24, 2.45) is 5.92 Å². The first-order valence-corrected chi connectivity index (χ1v) is 14.0. The SMILES string of the molecule is CC(=O)Nc1ccsc1C(=O)N1CC(=O)C2C1CCN2C(=O)CC(C)CCNC(=O)c1ccc(N(C)C)cc1. The van der Waals surface area contributed by atoms with Crippen molar-refractivity contribution in [3.05, 3.63) is 46.2 Å². The number of ketones is 1. The summed E-state index contributed by atoms with van der Waals surface area (Å²) in [6.45, 7) is 4.13. The summed E-state index contributed by atoms with van der Waals surface area (Å²) < 4.78 is 0. The van der Waals surface area contributed by atoms with Gasteiger partial charge in [0.2, 0.25) is 11.8 Å². The normalized spacial score (nSPS) is 19.0. The molecule has 39 heavy (non-hydrogen) atoms. The largest absolute Gasteiger partial charge is 0.378 e. The minimum Gasteiger partial charge on any atom is -0.378 e. The Balaban J connectivity index is 1.28. The van der Waals surface area contributed by atoms with Gasteiger partial charge < -0.3 is 25.3 Å². The predicted molar refractivity (Wildman–Crippen MR) is 150 cm³/mol. The standard InChI is InChI=1S/C28H35N5O5S/c1-17(9-12-29-27(37)19-5-7-20(8-6-19)31(3)4)15-24(36)32-13-10-22-25(32)23(35)16-33(22)28(38)26-21(11-14-39-26)30-18(2)34/h5-8,11,14,17,22,25H,9-10,12-13,15-16H2,1-4H3,(H,29,37)(H,30,34). The first kappa shape index (κ1) is 28.3. The summed E-state index contributed by atoms with van der Waals surface area (Å²) in [5.41, 5.74) is 2.03. The topological polar surface area (TPSA) is 119 Å². The molecule has 4 amide bonds. The molecule has 1 aromatic carbocycles. The van der Waals surface area contributed by atoms with E-state index in [1.54, 1.807) is 33.4 Å². The number of Topliss-reactive ketones (excluding diaryl/α,β-unsaturated/α-hetero) is 1. The van der Waals surface area contributed by atoms with Gasteiger partial charge in [0.05, 0.1) is 18.3 Å². The van der Waals surface area contributed by atoms with Gasteiger partial charge in [0.25, 0.3) is 11.8 Å². The summed E-state index contributed by atoms with van der Waals surface area (Å²) in [6.07, 6.45) is 1.42. The molecule has 1 aromatic heterocycles. The van der Waals surface area contributed by atoms with E-state index in [0.29, 0.717) is 42.1 Å². The predicted octanol–water partition coefficient (Wildman–Crippen LogP) is 2.61. The summed E-state index contributed by atoms with van der Waals surface area (Å²) in [4.78, 5) is 68.8. The van der Waals surface area contributed by atoms with Crippen LogP contribution >= 0.6 is 11.3 Å². The van der Waals surface area contributed by atoms with E-state index in [2.05, 4.69) is 10.6 Å². The Morgan fingerprint density at radius 2 is 1.82 bits per heavy atom. The molecule has 0 spiro atoms. The molecule has 3 heterocycles.